The van der Waals surface area contributed by atoms with Crippen molar-refractivity contribution >= 4 is 29.4 Å². The second kappa shape index (κ2) is 9.55. The first-order valence-corrected chi connectivity index (χ1v) is 11.1. The fraction of sp³-hybridized carbons (Fsp3) is 0.375. The number of ketones is 2. The minimum Gasteiger partial charge on any atom is -0.510 e. The molecule has 1 amide bonds. The molecule has 0 heterocycles. The number of aliphatic hydroxyl groups is 4. The van der Waals surface area contributed by atoms with Crippen molar-refractivity contribution < 1.29 is 59.7 Å². The van der Waals surface area contributed by atoms with E-state index >= 15 is 0 Å². The number of fused-ring (bicyclic) bond motifs is 3. The molecule has 4 rings (SSSR count). The summed E-state index contributed by atoms with van der Waals surface area (Å²) in [5.41, 5.74) is 1.36. The molecule has 1 aromatic carbocycles. The number of rotatable bonds is 2. The van der Waals surface area contributed by atoms with Gasteiger partial charge in [0.1, 0.15) is 22.8 Å². The Labute approximate surface area is 214 Å². The zero-order valence-corrected chi connectivity index (χ0v) is 20.3. The predicted octanol–water partition coefficient (Wildman–Crippen LogP) is -1.19. The molecular formula is C24H26N2O12. The first-order valence-electron chi connectivity index (χ1n) is 11.1. The monoisotopic (exact) mass is 534 g/mol. The van der Waals surface area contributed by atoms with Crippen LogP contribution in [-0.2, 0) is 19.2 Å². The summed E-state index contributed by atoms with van der Waals surface area (Å²) in [6, 6.07) is 3.17. The highest BCUT2D eigenvalue weighted by Gasteiger charge is 2.67. The molecular weight excluding hydrogens is 508 g/mol. The molecule has 0 unspecified atom stereocenters. The molecule has 1 aromatic rings. The number of nitrogens with two attached hydrogens (primary N) is 1. The molecule has 0 fully saturated rings. The van der Waals surface area contributed by atoms with Crippen LogP contribution in [0, 0.1) is 11.8 Å². The number of primary amides is 1. The van der Waals surface area contributed by atoms with Crippen LogP contribution in [0.2, 0.25) is 0 Å². The largest absolute Gasteiger partial charge is 0.510 e. The van der Waals surface area contributed by atoms with Crippen LogP contribution in [-0.4, -0.2) is 102 Å². The molecule has 14 nitrogen and oxygen atoms in total. The van der Waals surface area contributed by atoms with Crippen LogP contribution in [0.3, 0.4) is 0 Å². The molecule has 38 heavy (non-hydrogen) atoms. The van der Waals surface area contributed by atoms with Gasteiger partial charge in [0.25, 0.3) is 5.91 Å². The Kier molecular flexibility index (Phi) is 7.12. The first kappa shape index (κ1) is 28.3. The number of carbonyl (C=O) groups excluding carboxylic acids is 3. The third-order valence-corrected chi connectivity index (χ3v) is 7.18. The number of carbonyl (C=O) groups is 5. The summed E-state index contributed by atoms with van der Waals surface area (Å²) in [7, 11) is 2.98. The number of aromatic hydroxyl groups is 1. The fourth-order valence-electron chi connectivity index (χ4n) is 5.58. The van der Waals surface area contributed by atoms with Gasteiger partial charge in [-0.15, -0.1) is 0 Å². The molecule has 3 aliphatic carbocycles. The van der Waals surface area contributed by atoms with E-state index in [9.17, 15) is 39.9 Å². The van der Waals surface area contributed by atoms with E-state index in [1.807, 2.05) is 0 Å². The summed E-state index contributed by atoms with van der Waals surface area (Å²) < 4.78 is 0. The average Bonchev–Trinajstić information content (AvgIpc) is 2.81. The Morgan fingerprint density at radius 3 is 2.05 bits per heavy atom. The highest BCUT2D eigenvalue weighted by Crippen LogP contribution is 2.55. The van der Waals surface area contributed by atoms with E-state index in [2.05, 4.69) is 0 Å². The van der Waals surface area contributed by atoms with Crippen molar-refractivity contribution in [3.8, 4) is 5.75 Å². The van der Waals surface area contributed by atoms with Crippen LogP contribution in [0.1, 0.15) is 28.8 Å². The molecule has 0 aliphatic heterocycles. The Bertz CT molecular complexity index is 1320. The van der Waals surface area contributed by atoms with Crippen molar-refractivity contribution in [3.63, 3.8) is 0 Å². The topological polar surface area (TPSA) is 256 Å². The van der Waals surface area contributed by atoms with E-state index in [0.717, 1.165) is 0 Å². The summed E-state index contributed by atoms with van der Waals surface area (Å²) >= 11 is 0. The van der Waals surface area contributed by atoms with Crippen molar-refractivity contribution in [1.82, 2.24) is 4.90 Å². The van der Waals surface area contributed by atoms with Crippen molar-refractivity contribution in [2.75, 3.05) is 14.1 Å². The molecule has 0 spiro atoms. The Morgan fingerprint density at radius 2 is 1.58 bits per heavy atom. The van der Waals surface area contributed by atoms with Crippen LogP contribution in [0.25, 0.3) is 0 Å². The number of likely N-dealkylation sites (N-methyl/N-ethyl adjacent to an activating group) is 1. The second-order valence-electron chi connectivity index (χ2n) is 9.40. The molecule has 3 aliphatic rings. The second-order valence-corrected chi connectivity index (χ2v) is 9.40. The summed E-state index contributed by atoms with van der Waals surface area (Å²) in [6.07, 6.45) is -1.59. The number of aliphatic hydroxyl groups excluding tert-OH is 3. The van der Waals surface area contributed by atoms with Crippen LogP contribution >= 0.6 is 0 Å². The lowest BCUT2D eigenvalue weighted by Crippen LogP contribution is -2.68. The molecule has 6 atom stereocenters. The molecule has 0 saturated carbocycles. The van der Waals surface area contributed by atoms with Gasteiger partial charge >= 0.3 is 11.9 Å². The van der Waals surface area contributed by atoms with Crippen LogP contribution in [0.15, 0.2) is 40.9 Å². The third-order valence-electron chi connectivity index (χ3n) is 7.18. The maximum absolute atomic E-state index is 13.3. The summed E-state index contributed by atoms with van der Waals surface area (Å²) in [4.78, 5) is 58.0. The van der Waals surface area contributed by atoms with Gasteiger partial charge in [0.05, 0.1) is 23.6 Å². The van der Waals surface area contributed by atoms with E-state index in [0.29, 0.717) is 5.56 Å². The number of phenols is 1. The van der Waals surface area contributed by atoms with E-state index in [4.69, 9.17) is 25.5 Å². The Morgan fingerprint density at radius 1 is 1.03 bits per heavy atom. The maximum Gasteiger partial charge on any atom is 0.414 e. The minimum absolute atomic E-state index is 0.104. The van der Waals surface area contributed by atoms with Crippen LogP contribution < -0.4 is 5.73 Å². The smallest absolute Gasteiger partial charge is 0.414 e. The summed E-state index contributed by atoms with van der Waals surface area (Å²) in [5.74, 6) is -12.5. The number of benzene rings is 1. The number of carboxylic acids is 2. The zero-order valence-electron chi connectivity index (χ0n) is 20.3. The third kappa shape index (κ3) is 3.89. The number of hydrogen-bond acceptors (Lipinski definition) is 11. The number of nitrogens with zero attached hydrogens (tertiary/aromatic N) is 1. The number of carboxylic acid groups (broad SMARTS) is 2. The molecule has 204 valence electrons. The van der Waals surface area contributed by atoms with Gasteiger partial charge in [0, 0.05) is 11.5 Å². The van der Waals surface area contributed by atoms with Gasteiger partial charge in [0.2, 0.25) is 5.78 Å². The maximum atomic E-state index is 13.3. The number of aliphatic carboxylic acids is 2. The van der Waals surface area contributed by atoms with Crippen LogP contribution in [0.4, 0.5) is 0 Å². The lowest BCUT2D eigenvalue weighted by molar-refractivity contribution is -0.162. The predicted molar refractivity (Wildman–Crippen MR) is 125 cm³/mol. The first-order chi connectivity index (χ1) is 17.5. The molecule has 0 radical (unpaired) electrons. The van der Waals surface area contributed by atoms with Crippen LogP contribution in [0.5, 0.6) is 5.75 Å². The SMILES string of the molecule is C[C@H]1c2cccc(O)c2C(=O)C2=C(O)[C@]3(O)C(=O)C(C(N)=O)=C(O)[C@@H](N(C)C)[C@H]3[C@@H](O)[C@@H]21.O=C(O)C(=O)O. The Balaban J connectivity index is 0.000000599. The normalized spacial score (nSPS) is 30.1. The Hall–Kier alpha value is -4.27. The number of hydrogen-bond donors (Lipinski definition) is 8. The summed E-state index contributed by atoms with van der Waals surface area (Å²) in [6.45, 7) is 1.68. The standard InChI is InChI=1S/C22H24N2O8.C2H2O4/c1-7-8-5-4-6-9(25)11(8)16(26)12-10(7)17(27)14-15(24(2)3)18(28)13(21(23)31)20(30)22(14,32)19(12)29;3-1(4)2(5)6/h4-7,10,14-15,17,25,27-29,32H,1-3H3,(H2,23,31);(H,3,4)(H,5,6)/t7-,10+,14-,15-,17-,22-;/m0./s1. The van der Waals surface area contributed by atoms with Crippen molar-refractivity contribution in [2.24, 2.45) is 17.6 Å². The highest BCUT2D eigenvalue weighted by molar-refractivity contribution is 6.27. The lowest BCUT2D eigenvalue weighted by Gasteiger charge is -2.53. The van der Waals surface area contributed by atoms with E-state index in [-0.39, 0.29) is 11.3 Å². The van der Waals surface area contributed by atoms with Crippen molar-refractivity contribution in [1.29, 1.82) is 0 Å². The van der Waals surface area contributed by atoms with Gasteiger partial charge in [-0.1, -0.05) is 19.1 Å². The number of Topliss-reactive ketones (excluding diaryl/α,β-unsaturated/α-hetero) is 2. The van der Waals surface area contributed by atoms with Crippen molar-refractivity contribution in [3.05, 3.63) is 52.0 Å². The highest BCUT2D eigenvalue weighted by atomic mass is 16.4. The van der Waals surface area contributed by atoms with Gasteiger partial charge in [0.15, 0.2) is 11.4 Å². The quantitative estimate of drug-likeness (QED) is 0.164. The summed E-state index contributed by atoms with van der Waals surface area (Å²) in [5, 5.41) is 69.8. The number of amides is 1. The van der Waals surface area contributed by atoms with Crippen molar-refractivity contribution in [2.45, 2.75) is 30.6 Å². The average molecular weight is 534 g/mol. The molecule has 9 N–H and O–H groups in total. The van der Waals surface area contributed by atoms with E-state index in [1.165, 1.54) is 25.1 Å². The molecule has 0 aromatic heterocycles. The van der Waals surface area contributed by atoms with Gasteiger partial charge in [-0.2, -0.15) is 0 Å². The lowest BCUT2D eigenvalue weighted by atomic mass is 9.55. The molecule has 0 bridgehead atoms. The van der Waals surface area contributed by atoms with E-state index in [1.54, 1.807) is 19.1 Å². The minimum atomic E-state index is -2.89. The van der Waals surface area contributed by atoms with Gasteiger partial charge in [-0.3, -0.25) is 19.3 Å². The van der Waals surface area contributed by atoms with E-state index < -0.39 is 87.6 Å². The molecule has 0 saturated heterocycles. The number of phenolic OH excluding ortho intramolecular Hbond substituents is 1. The zero-order chi connectivity index (χ0) is 29.0. The van der Waals surface area contributed by atoms with Gasteiger partial charge in [-0.25, -0.2) is 9.59 Å². The van der Waals surface area contributed by atoms with Gasteiger partial charge in [-0.05, 0) is 31.6 Å². The fourth-order valence-corrected chi connectivity index (χ4v) is 5.58. The van der Waals surface area contributed by atoms with Gasteiger partial charge < -0.3 is 41.5 Å². The molecule has 14 heteroatoms.